The Morgan fingerprint density at radius 1 is 1.15 bits per heavy atom. The lowest BCUT2D eigenvalue weighted by atomic mass is 10.2. The van der Waals surface area contributed by atoms with Crippen molar-refractivity contribution in [1.29, 1.82) is 0 Å². The first-order chi connectivity index (χ1) is 9.88. The maximum atomic E-state index is 11.1. The second-order valence-electron chi connectivity index (χ2n) is 4.43. The lowest BCUT2D eigenvalue weighted by Crippen LogP contribution is -1.99. The lowest BCUT2D eigenvalue weighted by Gasteiger charge is -2.04. The summed E-state index contributed by atoms with van der Waals surface area (Å²) in [7, 11) is 0. The molecule has 0 saturated heterocycles. The number of carbonyl (C=O) groups is 1. The average Bonchev–Trinajstić information content (AvgIpc) is 2.87. The Kier molecular flexibility index (Phi) is 3.83. The molecule has 0 atom stereocenters. The number of aromatic nitrogens is 2. The first-order valence-corrected chi connectivity index (χ1v) is 7.44. The summed E-state index contributed by atoms with van der Waals surface area (Å²) < 4.78 is 2.05. The zero-order chi connectivity index (χ0) is 13.8. The molecule has 2 aromatic heterocycles. The fourth-order valence-corrected chi connectivity index (χ4v) is 3.07. The van der Waals surface area contributed by atoms with Crippen molar-refractivity contribution in [2.75, 3.05) is 5.75 Å². The minimum absolute atomic E-state index is 0.706. The number of benzene rings is 1. The molecule has 0 spiro atoms. The molecule has 0 aliphatic rings. The topological polar surface area (TPSA) is 34.9 Å². The number of pyridine rings is 1. The van der Waals surface area contributed by atoms with Crippen molar-refractivity contribution < 1.29 is 4.79 Å². The summed E-state index contributed by atoms with van der Waals surface area (Å²) in [4.78, 5) is 16.7. The minimum Gasteiger partial charge on any atom is -0.331 e. The predicted octanol–water partition coefficient (Wildman–Crippen LogP) is 3.64. The second-order valence-corrected chi connectivity index (χ2v) is 5.60. The van der Waals surface area contributed by atoms with Crippen molar-refractivity contribution in [3.63, 3.8) is 0 Å². The van der Waals surface area contributed by atoms with E-state index in [4.69, 9.17) is 0 Å². The molecular formula is C16H14N2OS. The normalized spacial score (nSPS) is 10.8. The Bertz CT molecular complexity index is 722. The van der Waals surface area contributed by atoms with E-state index < -0.39 is 0 Å². The van der Waals surface area contributed by atoms with Crippen molar-refractivity contribution in [3.05, 3.63) is 60.4 Å². The van der Waals surface area contributed by atoms with E-state index in [0.717, 1.165) is 29.6 Å². The van der Waals surface area contributed by atoms with Gasteiger partial charge in [-0.15, -0.1) is 11.8 Å². The number of nitrogens with zero attached hydrogens (tertiary/aromatic N) is 2. The Hall–Kier alpha value is -2.07. The van der Waals surface area contributed by atoms with Gasteiger partial charge < -0.3 is 4.57 Å². The van der Waals surface area contributed by atoms with Gasteiger partial charge in [0.25, 0.3) is 0 Å². The van der Waals surface area contributed by atoms with E-state index in [2.05, 4.69) is 21.7 Å². The number of hydrogen-bond donors (Lipinski definition) is 0. The van der Waals surface area contributed by atoms with Crippen LogP contribution < -0.4 is 0 Å². The molecule has 0 radical (unpaired) electrons. The van der Waals surface area contributed by atoms with E-state index in [1.165, 1.54) is 4.90 Å². The maximum Gasteiger partial charge on any atom is 0.152 e. The lowest BCUT2D eigenvalue weighted by molar-refractivity contribution is 0.112. The zero-order valence-corrected chi connectivity index (χ0v) is 11.7. The largest absolute Gasteiger partial charge is 0.331 e. The third-order valence-electron chi connectivity index (χ3n) is 3.14. The molecule has 3 aromatic rings. The summed E-state index contributed by atoms with van der Waals surface area (Å²) in [6.07, 6.45) is 4.54. The quantitative estimate of drug-likeness (QED) is 0.529. The smallest absolute Gasteiger partial charge is 0.152 e. The van der Waals surface area contributed by atoms with Gasteiger partial charge in [-0.05, 0) is 24.3 Å². The van der Waals surface area contributed by atoms with Crippen LogP contribution in [0.3, 0.4) is 0 Å². The highest BCUT2D eigenvalue weighted by Crippen LogP contribution is 2.21. The van der Waals surface area contributed by atoms with Crippen molar-refractivity contribution >= 4 is 29.1 Å². The number of carbonyl (C=O) groups excluding carboxylic acids is 1. The first-order valence-electron chi connectivity index (χ1n) is 6.45. The van der Waals surface area contributed by atoms with Crippen LogP contribution in [0.25, 0.3) is 11.0 Å². The molecule has 0 amide bonds. The molecule has 3 rings (SSSR count). The van der Waals surface area contributed by atoms with Gasteiger partial charge in [0.15, 0.2) is 6.29 Å². The predicted molar refractivity (Wildman–Crippen MR) is 82.3 cm³/mol. The van der Waals surface area contributed by atoms with Gasteiger partial charge in [-0.2, -0.15) is 0 Å². The molecule has 0 N–H and O–H groups in total. The highest BCUT2D eigenvalue weighted by molar-refractivity contribution is 7.99. The Balaban J connectivity index is 1.76. The van der Waals surface area contributed by atoms with Crippen LogP contribution in [0, 0.1) is 0 Å². The molecule has 100 valence electrons. The first kappa shape index (κ1) is 12.9. The fraction of sp³-hybridized carbons (Fsp3) is 0.125. The van der Waals surface area contributed by atoms with Crippen LogP contribution in [-0.4, -0.2) is 21.6 Å². The standard InChI is InChI=1S/C16H14N2OS/c19-12-13-11-18(16-15(13)7-4-8-17-16)9-10-20-14-5-2-1-3-6-14/h1-8,11-12H,9-10H2. The summed E-state index contributed by atoms with van der Waals surface area (Å²) in [5.74, 6) is 0.947. The monoisotopic (exact) mass is 282 g/mol. The molecular weight excluding hydrogens is 268 g/mol. The van der Waals surface area contributed by atoms with Crippen molar-refractivity contribution in [3.8, 4) is 0 Å². The van der Waals surface area contributed by atoms with Gasteiger partial charge in [0.05, 0.1) is 0 Å². The van der Waals surface area contributed by atoms with Crippen LogP contribution in [0.1, 0.15) is 10.4 Å². The Morgan fingerprint density at radius 3 is 2.80 bits per heavy atom. The molecule has 20 heavy (non-hydrogen) atoms. The summed E-state index contributed by atoms with van der Waals surface area (Å²) in [5, 5.41) is 0.923. The van der Waals surface area contributed by atoms with Crippen LogP contribution in [0.2, 0.25) is 0 Å². The highest BCUT2D eigenvalue weighted by atomic mass is 32.2. The summed E-state index contributed by atoms with van der Waals surface area (Å²) in [6.45, 7) is 0.834. The summed E-state index contributed by atoms with van der Waals surface area (Å²) in [5.41, 5.74) is 1.58. The molecule has 0 aliphatic heterocycles. The van der Waals surface area contributed by atoms with Gasteiger partial charge in [-0.1, -0.05) is 18.2 Å². The van der Waals surface area contributed by atoms with E-state index in [1.54, 1.807) is 18.0 Å². The molecule has 0 saturated carbocycles. The Labute approximate surface area is 121 Å². The van der Waals surface area contributed by atoms with Crippen molar-refractivity contribution in [1.82, 2.24) is 9.55 Å². The van der Waals surface area contributed by atoms with E-state index in [1.807, 2.05) is 36.5 Å². The zero-order valence-electron chi connectivity index (χ0n) is 10.9. The van der Waals surface area contributed by atoms with E-state index in [9.17, 15) is 4.79 Å². The third-order valence-corrected chi connectivity index (χ3v) is 4.13. The van der Waals surface area contributed by atoms with Crippen LogP contribution in [-0.2, 0) is 6.54 Å². The number of hydrogen-bond acceptors (Lipinski definition) is 3. The molecule has 3 nitrogen and oxygen atoms in total. The van der Waals surface area contributed by atoms with Gasteiger partial charge in [-0.25, -0.2) is 4.98 Å². The van der Waals surface area contributed by atoms with Crippen molar-refractivity contribution in [2.24, 2.45) is 0 Å². The fourth-order valence-electron chi connectivity index (χ4n) is 2.19. The van der Waals surface area contributed by atoms with E-state index in [-0.39, 0.29) is 0 Å². The van der Waals surface area contributed by atoms with Gasteiger partial charge in [0.2, 0.25) is 0 Å². The SMILES string of the molecule is O=Cc1cn(CCSc2ccccc2)c2ncccc12. The van der Waals surface area contributed by atoms with Gasteiger partial charge in [0.1, 0.15) is 5.65 Å². The summed E-state index contributed by atoms with van der Waals surface area (Å²) >= 11 is 1.80. The number of aldehydes is 1. The molecule has 1 aromatic carbocycles. The average molecular weight is 282 g/mol. The maximum absolute atomic E-state index is 11.1. The number of fused-ring (bicyclic) bond motifs is 1. The summed E-state index contributed by atoms with van der Waals surface area (Å²) in [6, 6.07) is 14.1. The van der Waals surface area contributed by atoms with Gasteiger partial charge in [0, 0.05) is 40.5 Å². The van der Waals surface area contributed by atoms with Crippen LogP contribution in [0.4, 0.5) is 0 Å². The van der Waals surface area contributed by atoms with Crippen LogP contribution in [0.5, 0.6) is 0 Å². The third kappa shape index (κ3) is 2.60. The molecule has 0 bridgehead atoms. The minimum atomic E-state index is 0.706. The second kappa shape index (κ2) is 5.92. The van der Waals surface area contributed by atoms with E-state index >= 15 is 0 Å². The Morgan fingerprint density at radius 2 is 2.00 bits per heavy atom. The van der Waals surface area contributed by atoms with Gasteiger partial charge in [-0.3, -0.25) is 4.79 Å². The highest BCUT2D eigenvalue weighted by Gasteiger charge is 2.08. The number of rotatable bonds is 5. The molecule has 0 fully saturated rings. The molecule has 0 aliphatic carbocycles. The molecule has 0 unspecified atom stereocenters. The van der Waals surface area contributed by atoms with E-state index in [0.29, 0.717) is 5.56 Å². The van der Waals surface area contributed by atoms with Gasteiger partial charge >= 0.3 is 0 Å². The molecule has 2 heterocycles. The van der Waals surface area contributed by atoms with Crippen molar-refractivity contribution in [2.45, 2.75) is 11.4 Å². The molecule has 4 heteroatoms. The van der Waals surface area contributed by atoms with Crippen LogP contribution in [0.15, 0.2) is 59.8 Å². The van der Waals surface area contributed by atoms with Crippen LogP contribution >= 0.6 is 11.8 Å². The number of thioether (sulfide) groups is 1. The number of aryl methyl sites for hydroxylation is 1.